The Kier molecular flexibility index (Phi) is 4.60. The molecule has 0 aromatic heterocycles. The fraction of sp³-hybridized carbons (Fsp3) is 0.500. The molecular weight excluding hydrogens is 278 g/mol. The second-order valence-corrected chi connectivity index (χ2v) is 5.21. The predicted octanol–water partition coefficient (Wildman–Crippen LogP) is 3.39. The van der Waals surface area contributed by atoms with Crippen molar-refractivity contribution in [2.24, 2.45) is 5.92 Å². The summed E-state index contributed by atoms with van der Waals surface area (Å²) in [6.07, 6.45) is 4.54. The summed E-state index contributed by atoms with van der Waals surface area (Å²) in [5, 5.41) is 3.90. The minimum Gasteiger partial charge on any atom is -0.352 e. The maximum absolute atomic E-state index is 11.8. The number of halogens is 1. The van der Waals surface area contributed by atoms with Crippen LogP contribution in [-0.2, 0) is 16.7 Å². The lowest BCUT2D eigenvalue weighted by Crippen LogP contribution is -2.28. The Morgan fingerprint density at radius 1 is 1.18 bits per heavy atom. The molecule has 0 aliphatic heterocycles. The highest BCUT2D eigenvalue weighted by atomic mass is 79.9. The van der Waals surface area contributed by atoms with Gasteiger partial charge in [-0.2, -0.15) is 0 Å². The van der Waals surface area contributed by atoms with Crippen LogP contribution in [0.5, 0.6) is 0 Å². The molecule has 0 bridgehead atoms. The Labute approximate surface area is 111 Å². The number of carbonyl (C=O) groups is 1. The van der Waals surface area contributed by atoms with Gasteiger partial charge in [0.25, 0.3) is 0 Å². The van der Waals surface area contributed by atoms with E-state index >= 15 is 0 Å². The zero-order chi connectivity index (χ0) is 12.1. The maximum Gasteiger partial charge on any atom is 0.223 e. The van der Waals surface area contributed by atoms with Gasteiger partial charge in [-0.15, -0.1) is 0 Å². The van der Waals surface area contributed by atoms with Crippen LogP contribution in [0.4, 0.5) is 0 Å². The molecule has 1 saturated carbocycles. The molecule has 17 heavy (non-hydrogen) atoms. The fourth-order valence-electron chi connectivity index (χ4n) is 2.27. The first-order valence-corrected chi connectivity index (χ1v) is 7.33. The summed E-state index contributed by atoms with van der Waals surface area (Å²) >= 11 is 3.42. The highest BCUT2D eigenvalue weighted by Crippen LogP contribution is 2.24. The van der Waals surface area contributed by atoms with Gasteiger partial charge in [-0.25, -0.2) is 0 Å². The number of amides is 1. The summed E-state index contributed by atoms with van der Waals surface area (Å²) in [6, 6.07) is 8.33. The number of rotatable bonds is 4. The van der Waals surface area contributed by atoms with Crippen molar-refractivity contribution in [2.45, 2.75) is 37.6 Å². The summed E-state index contributed by atoms with van der Waals surface area (Å²) in [4.78, 5) is 11.8. The van der Waals surface area contributed by atoms with Gasteiger partial charge in [-0.1, -0.05) is 53.0 Å². The van der Waals surface area contributed by atoms with Crippen LogP contribution in [0.3, 0.4) is 0 Å². The first-order chi connectivity index (χ1) is 8.29. The van der Waals surface area contributed by atoms with Crippen LogP contribution in [0.25, 0.3) is 0 Å². The molecule has 0 unspecified atom stereocenters. The molecule has 2 rings (SSSR count). The van der Waals surface area contributed by atoms with Crippen LogP contribution < -0.4 is 5.32 Å². The third kappa shape index (κ3) is 3.56. The van der Waals surface area contributed by atoms with Gasteiger partial charge in [0.2, 0.25) is 5.91 Å². The molecule has 3 heteroatoms. The van der Waals surface area contributed by atoms with E-state index in [0.717, 1.165) is 18.2 Å². The number of carbonyl (C=O) groups excluding carboxylic acids is 1. The molecule has 1 fully saturated rings. The predicted molar refractivity (Wildman–Crippen MR) is 72.9 cm³/mol. The molecule has 0 radical (unpaired) electrons. The van der Waals surface area contributed by atoms with Crippen molar-refractivity contribution >= 4 is 21.8 Å². The van der Waals surface area contributed by atoms with Gasteiger partial charge < -0.3 is 5.32 Å². The van der Waals surface area contributed by atoms with Gasteiger partial charge in [-0.05, 0) is 24.0 Å². The van der Waals surface area contributed by atoms with Crippen molar-refractivity contribution in [3.8, 4) is 0 Å². The number of hydrogen-bond donors (Lipinski definition) is 1. The summed E-state index contributed by atoms with van der Waals surface area (Å²) in [7, 11) is 0. The second-order valence-electron chi connectivity index (χ2n) is 4.65. The quantitative estimate of drug-likeness (QED) is 0.848. The van der Waals surface area contributed by atoms with E-state index in [-0.39, 0.29) is 11.8 Å². The van der Waals surface area contributed by atoms with E-state index in [1.807, 2.05) is 0 Å². The van der Waals surface area contributed by atoms with E-state index in [2.05, 4.69) is 45.5 Å². The van der Waals surface area contributed by atoms with E-state index in [0.29, 0.717) is 6.54 Å². The van der Waals surface area contributed by atoms with Crippen molar-refractivity contribution in [1.82, 2.24) is 5.32 Å². The first kappa shape index (κ1) is 12.6. The van der Waals surface area contributed by atoms with Crippen molar-refractivity contribution in [3.05, 3.63) is 35.4 Å². The van der Waals surface area contributed by atoms with Gasteiger partial charge in [0.1, 0.15) is 0 Å². The molecule has 1 N–H and O–H groups in total. The number of nitrogens with one attached hydrogen (secondary N) is 1. The number of hydrogen-bond acceptors (Lipinski definition) is 1. The monoisotopic (exact) mass is 295 g/mol. The van der Waals surface area contributed by atoms with Crippen LogP contribution in [-0.4, -0.2) is 5.91 Å². The topological polar surface area (TPSA) is 29.1 Å². The molecule has 0 saturated heterocycles. The number of alkyl halides is 1. The Bertz CT molecular complexity index is 368. The molecule has 1 aromatic rings. The largest absolute Gasteiger partial charge is 0.352 e. The van der Waals surface area contributed by atoms with E-state index in [4.69, 9.17) is 0 Å². The van der Waals surface area contributed by atoms with Crippen LogP contribution in [0.15, 0.2) is 24.3 Å². The van der Waals surface area contributed by atoms with Crippen molar-refractivity contribution in [1.29, 1.82) is 0 Å². The molecule has 1 aliphatic carbocycles. The van der Waals surface area contributed by atoms with Crippen LogP contribution in [0.2, 0.25) is 0 Å². The Hall–Kier alpha value is -0.830. The molecule has 2 nitrogen and oxygen atoms in total. The molecule has 1 amide bonds. The molecule has 0 atom stereocenters. The highest BCUT2D eigenvalue weighted by Gasteiger charge is 2.21. The maximum atomic E-state index is 11.8. The molecule has 1 aliphatic rings. The molecular formula is C14H18BrNO. The van der Waals surface area contributed by atoms with Crippen LogP contribution in [0, 0.1) is 5.92 Å². The van der Waals surface area contributed by atoms with Crippen molar-refractivity contribution in [2.75, 3.05) is 0 Å². The molecule has 1 aromatic carbocycles. The van der Waals surface area contributed by atoms with E-state index in [1.54, 1.807) is 0 Å². The van der Waals surface area contributed by atoms with Gasteiger partial charge in [-0.3, -0.25) is 4.79 Å². The van der Waals surface area contributed by atoms with Crippen molar-refractivity contribution in [3.63, 3.8) is 0 Å². The fourth-order valence-corrected chi connectivity index (χ4v) is 2.64. The van der Waals surface area contributed by atoms with Crippen LogP contribution in [0.1, 0.15) is 36.8 Å². The summed E-state index contributed by atoms with van der Waals surface area (Å²) in [5.74, 6) is 0.490. The van der Waals surface area contributed by atoms with Gasteiger partial charge in [0.15, 0.2) is 0 Å². The smallest absolute Gasteiger partial charge is 0.223 e. The van der Waals surface area contributed by atoms with E-state index < -0.39 is 0 Å². The van der Waals surface area contributed by atoms with E-state index in [9.17, 15) is 4.79 Å². The normalized spacial score (nSPS) is 16.1. The lowest BCUT2D eigenvalue weighted by molar-refractivity contribution is -0.124. The minimum atomic E-state index is 0.229. The standard InChI is InChI=1S/C14H18BrNO/c15-9-11-5-7-12(8-6-11)10-16-14(17)13-3-1-2-4-13/h5-8,13H,1-4,9-10H2,(H,16,17). The summed E-state index contributed by atoms with van der Waals surface area (Å²) in [5.41, 5.74) is 2.43. The summed E-state index contributed by atoms with van der Waals surface area (Å²) in [6.45, 7) is 0.651. The Balaban J connectivity index is 1.82. The average molecular weight is 296 g/mol. The SMILES string of the molecule is O=C(NCc1ccc(CBr)cc1)C1CCCC1. The number of benzene rings is 1. The lowest BCUT2D eigenvalue weighted by Gasteiger charge is -2.10. The average Bonchev–Trinajstić information content (AvgIpc) is 2.90. The third-order valence-electron chi connectivity index (χ3n) is 3.37. The zero-order valence-electron chi connectivity index (χ0n) is 9.92. The first-order valence-electron chi connectivity index (χ1n) is 6.21. The Morgan fingerprint density at radius 2 is 1.76 bits per heavy atom. The van der Waals surface area contributed by atoms with Gasteiger partial charge in [0, 0.05) is 17.8 Å². The van der Waals surface area contributed by atoms with E-state index in [1.165, 1.54) is 24.0 Å². The van der Waals surface area contributed by atoms with Crippen molar-refractivity contribution < 1.29 is 4.79 Å². The molecule has 0 heterocycles. The molecule has 0 spiro atoms. The lowest BCUT2D eigenvalue weighted by atomic mass is 10.1. The zero-order valence-corrected chi connectivity index (χ0v) is 11.5. The highest BCUT2D eigenvalue weighted by molar-refractivity contribution is 9.08. The Morgan fingerprint density at radius 3 is 2.35 bits per heavy atom. The van der Waals surface area contributed by atoms with Crippen LogP contribution >= 0.6 is 15.9 Å². The molecule has 92 valence electrons. The van der Waals surface area contributed by atoms with Gasteiger partial charge >= 0.3 is 0 Å². The third-order valence-corrected chi connectivity index (χ3v) is 4.02. The van der Waals surface area contributed by atoms with Gasteiger partial charge in [0.05, 0.1) is 0 Å². The summed E-state index contributed by atoms with van der Waals surface area (Å²) < 4.78 is 0. The second kappa shape index (κ2) is 6.20. The minimum absolute atomic E-state index is 0.229.